The summed E-state index contributed by atoms with van der Waals surface area (Å²) in [5.41, 5.74) is 0.105. The minimum atomic E-state index is -0.635. The number of nitro groups is 1. The maximum absolute atomic E-state index is 12.9. The number of hydrogen-bond acceptors (Lipinski definition) is 4. The number of hydrogen-bond donors (Lipinski definition) is 1. The number of halogens is 1. The Morgan fingerprint density at radius 1 is 1.53 bits per heavy atom. The summed E-state index contributed by atoms with van der Waals surface area (Å²) in [7, 11) is 1.54. The van der Waals surface area contributed by atoms with Gasteiger partial charge in [0.1, 0.15) is 5.82 Å². The second-order valence-electron chi connectivity index (χ2n) is 2.87. The Labute approximate surface area is 86.0 Å². The van der Waals surface area contributed by atoms with Crippen LogP contribution in [0.25, 0.3) is 0 Å². The lowest BCUT2D eigenvalue weighted by atomic mass is 10.2. The third-order valence-electron chi connectivity index (χ3n) is 1.73. The van der Waals surface area contributed by atoms with Crippen LogP contribution in [0.1, 0.15) is 0 Å². The van der Waals surface area contributed by atoms with Crippen LogP contribution in [0.15, 0.2) is 18.2 Å². The smallest absolute Gasteiger partial charge is 0.274 e. The van der Waals surface area contributed by atoms with E-state index >= 15 is 0 Å². The fourth-order valence-corrected chi connectivity index (χ4v) is 1.08. The molecule has 82 valence electrons. The van der Waals surface area contributed by atoms with E-state index in [2.05, 4.69) is 5.32 Å². The molecule has 0 saturated heterocycles. The van der Waals surface area contributed by atoms with E-state index in [1.807, 2.05) is 0 Å². The highest BCUT2D eigenvalue weighted by Crippen LogP contribution is 2.19. The molecule has 0 bridgehead atoms. The summed E-state index contributed by atoms with van der Waals surface area (Å²) >= 11 is 0. The minimum Gasteiger partial charge on any atom is -0.383 e. The van der Waals surface area contributed by atoms with E-state index in [9.17, 15) is 14.5 Å². The quantitative estimate of drug-likeness (QED) is 0.461. The van der Waals surface area contributed by atoms with Crippen molar-refractivity contribution in [1.29, 1.82) is 0 Å². The van der Waals surface area contributed by atoms with Gasteiger partial charge in [0.25, 0.3) is 5.69 Å². The molecule has 0 aliphatic heterocycles. The molecule has 5 nitrogen and oxygen atoms in total. The highest BCUT2D eigenvalue weighted by atomic mass is 19.1. The summed E-state index contributed by atoms with van der Waals surface area (Å²) < 4.78 is 17.7. The summed E-state index contributed by atoms with van der Waals surface area (Å²) in [6, 6.07) is 3.35. The van der Waals surface area contributed by atoms with Gasteiger partial charge in [-0.15, -0.1) is 0 Å². The molecule has 0 aliphatic rings. The summed E-state index contributed by atoms with van der Waals surface area (Å²) in [6.45, 7) is 0.918. The van der Waals surface area contributed by atoms with E-state index in [4.69, 9.17) is 4.74 Å². The molecular formula is C9H11FN2O3. The fourth-order valence-electron chi connectivity index (χ4n) is 1.08. The highest BCUT2D eigenvalue weighted by Gasteiger charge is 2.09. The molecule has 0 radical (unpaired) electrons. The molecule has 0 heterocycles. The highest BCUT2D eigenvalue weighted by molar-refractivity contribution is 5.51. The van der Waals surface area contributed by atoms with Crippen molar-refractivity contribution in [2.24, 2.45) is 0 Å². The van der Waals surface area contributed by atoms with Gasteiger partial charge in [-0.3, -0.25) is 10.1 Å². The zero-order valence-corrected chi connectivity index (χ0v) is 8.20. The Balaban J connectivity index is 2.75. The van der Waals surface area contributed by atoms with E-state index in [0.29, 0.717) is 18.8 Å². The third-order valence-corrected chi connectivity index (χ3v) is 1.73. The van der Waals surface area contributed by atoms with E-state index < -0.39 is 10.7 Å². The Morgan fingerprint density at radius 3 is 2.87 bits per heavy atom. The van der Waals surface area contributed by atoms with Gasteiger partial charge in [0.15, 0.2) is 0 Å². The van der Waals surface area contributed by atoms with Crippen molar-refractivity contribution in [3.63, 3.8) is 0 Å². The molecule has 0 aliphatic carbocycles. The molecule has 0 atom stereocenters. The molecule has 0 aromatic heterocycles. The maximum Gasteiger partial charge on any atom is 0.274 e. The number of nitrogens with zero attached hydrogens (tertiary/aromatic N) is 1. The van der Waals surface area contributed by atoms with Crippen molar-refractivity contribution in [3.8, 4) is 0 Å². The van der Waals surface area contributed by atoms with Crippen molar-refractivity contribution in [2.45, 2.75) is 0 Å². The van der Waals surface area contributed by atoms with Gasteiger partial charge >= 0.3 is 0 Å². The zero-order valence-electron chi connectivity index (χ0n) is 8.20. The number of benzene rings is 1. The lowest BCUT2D eigenvalue weighted by Crippen LogP contribution is -2.07. The first-order valence-corrected chi connectivity index (χ1v) is 4.31. The predicted molar refractivity (Wildman–Crippen MR) is 53.4 cm³/mol. The van der Waals surface area contributed by atoms with Crippen LogP contribution in [0.4, 0.5) is 15.8 Å². The van der Waals surface area contributed by atoms with Gasteiger partial charge in [-0.25, -0.2) is 4.39 Å². The van der Waals surface area contributed by atoms with Gasteiger partial charge in [0, 0.05) is 25.4 Å². The second kappa shape index (κ2) is 5.26. The summed E-state index contributed by atoms with van der Waals surface area (Å²) in [5.74, 6) is -0.635. The molecule has 0 unspecified atom stereocenters. The lowest BCUT2D eigenvalue weighted by molar-refractivity contribution is -0.385. The van der Waals surface area contributed by atoms with Crippen LogP contribution in [0.3, 0.4) is 0 Å². The Morgan fingerprint density at radius 2 is 2.27 bits per heavy atom. The van der Waals surface area contributed by atoms with Crippen LogP contribution in [-0.4, -0.2) is 25.2 Å². The number of anilines is 1. The van der Waals surface area contributed by atoms with Gasteiger partial charge in [0.2, 0.25) is 0 Å². The summed E-state index contributed by atoms with van der Waals surface area (Å²) in [6.07, 6.45) is 0. The van der Waals surface area contributed by atoms with Gasteiger partial charge in [-0.2, -0.15) is 0 Å². The zero-order chi connectivity index (χ0) is 11.3. The standard InChI is InChI=1S/C9H11FN2O3/c1-15-3-2-11-8-4-7(10)5-9(6-8)12(13)14/h4-6,11H,2-3H2,1H3. The largest absolute Gasteiger partial charge is 0.383 e. The molecule has 15 heavy (non-hydrogen) atoms. The number of ether oxygens (including phenoxy) is 1. The number of nitro benzene ring substituents is 1. The molecule has 6 heteroatoms. The van der Waals surface area contributed by atoms with Crippen LogP contribution >= 0.6 is 0 Å². The third kappa shape index (κ3) is 3.51. The molecule has 0 amide bonds. The van der Waals surface area contributed by atoms with Crippen molar-refractivity contribution in [3.05, 3.63) is 34.1 Å². The van der Waals surface area contributed by atoms with Crippen LogP contribution in [0.5, 0.6) is 0 Å². The van der Waals surface area contributed by atoms with Crippen LogP contribution in [-0.2, 0) is 4.74 Å². The fraction of sp³-hybridized carbons (Fsp3) is 0.333. The SMILES string of the molecule is COCCNc1cc(F)cc([N+](=O)[O-])c1. The first kappa shape index (κ1) is 11.4. The van der Waals surface area contributed by atoms with E-state index in [0.717, 1.165) is 6.07 Å². The number of methoxy groups -OCH3 is 1. The van der Waals surface area contributed by atoms with Crippen molar-refractivity contribution >= 4 is 11.4 Å². The van der Waals surface area contributed by atoms with Crippen molar-refractivity contribution in [1.82, 2.24) is 0 Å². The van der Waals surface area contributed by atoms with Crippen LogP contribution in [0.2, 0.25) is 0 Å². The molecule has 0 spiro atoms. The maximum atomic E-state index is 12.9. The second-order valence-corrected chi connectivity index (χ2v) is 2.87. The molecular weight excluding hydrogens is 203 g/mol. The van der Waals surface area contributed by atoms with Gasteiger partial charge in [-0.1, -0.05) is 0 Å². The lowest BCUT2D eigenvalue weighted by Gasteiger charge is -2.05. The average Bonchev–Trinajstić information content (AvgIpc) is 2.17. The number of nitrogens with one attached hydrogen (secondary N) is 1. The van der Waals surface area contributed by atoms with E-state index in [-0.39, 0.29) is 5.69 Å². The summed E-state index contributed by atoms with van der Waals surface area (Å²) in [5, 5.41) is 13.2. The molecule has 1 N–H and O–H groups in total. The van der Waals surface area contributed by atoms with E-state index in [1.165, 1.54) is 19.2 Å². The van der Waals surface area contributed by atoms with Crippen molar-refractivity contribution < 1.29 is 14.1 Å². The average molecular weight is 214 g/mol. The molecule has 1 rings (SSSR count). The summed E-state index contributed by atoms with van der Waals surface area (Å²) in [4.78, 5) is 9.79. The molecule has 0 saturated carbocycles. The number of non-ortho nitro benzene ring substituents is 1. The molecule has 1 aromatic carbocycles. The van der Waals surface area contributed by atoms with Gasteiger partial charge in [0.05, 0.1) is 17.6 Å². The Bertz CT molecular complexity index is 357. The normalized spacial score (nSPS) is 10.0. The number of rotatable bonds is 5. The predicted octanol–water partition coefficient (Wildman–Crippen LogP) is 1.79. The molecule has 1 aromatic rings. The van der Waals surface area contributed by atoms with E-state index in [1.54, 1.807) is 0 Å². The minimum absolute atomic E-state index is 0.269. The van der Waals surface area contributed by atoms with Crippen LogP contribution in [0, 0.1) is 15.9 Å². The van der Waals surface area contributed by atoms with Crippen LogP contribution < -0.4 is 5.32 Å². The van der Waals surface area contributed by atoms with Gasteiger partial charge in [-0.05, 0) is 6.07 Å². The van der Waals surface area contributed by atoms with Gasteiger partial charge < -0.3 is 10.1 Å². The first-order chi connectivity index (χ1) is 7.13. The topological polar surface area (TPSA) is 64.4 Å². The molecule has 0 fully saturated rings. The first-order valence-electron chi connectivity index (χ1n) is 4.31. The Kier molecular flexibility index (Phi) is 3.99. The monoisotopic (exact) mass is 214 g/mol. The Hall–Kier alpha value is -1.69. The van der Waals surface area contributed by atoms with Crippen molar-refractivity contribution in [2.75, 3.05) is 25.6 Å².